The van der Waals surface area contributed by atoms with Crippen LogP contribution < -0.4 is 5.32 Å². The first-order chi connectivity index (χ1) is 8.04. The molecule has 0 aromatic carbocycles. The van der Waals surface area contributed by atoms with Crippen molar-refractivity contribution in [2.45, 2.75) is 24.6 Å². The minimum atomic E-state index is -1.75. The van der Waals surface area contributed by atoms with E-state index in [-0.39, 0.29) is 5.82 Å². The van der Waals surface area contributed by atoms with Gasteiger partial charge in [0.2, 0.25) is 0 Å². The molecule has 1 unspecified atom stereocenters. The summed E-state index contributed by atoms with van der Waals surface area (Å²) < 4.78 is 18.8. The van der Waals surface area contributed by atoms with Crippen LogP contribution in [0.1, 0.15) is 0 Å². The predicted molar refractivity (Wildman–Crippen MR) is 54.3 cm³/mol. The molecule has 3 N–H and O–H groups in total. The second kappa shape index (κ2) is 4.40. The van der Waals surface area contributed by atoms with Crippen LogP contribution in [-0.4, -0.2) is 58.6 Å². The summed E-state index contributed by atoms with van der Waals surface area (Å²) in [7, 11) is 0. The molecule has 8 heteroatoms. The van der Waals surface area contributed by atoms with Gasteiger partial charge in [-0.15, -0.1) is 0 Å². The topological polar surface area (TPSA) is 94.4 Å². The molecule has 1 fully saturated rings. The van der Waals surface area contributed by atoms with E-state index in [1.807, 2.05) is 0 Å². The lowest BCUT2D eigenvalue weighted by atomic mass is 10.1. The van der Waals surface area contributed by atoms with E-state index in [0.717, 1.165) is 11.2 Å². The molecule has 2 aliphatic heterocycles. The molecule has 4 atom stereocenters. The Bertz CT molecular complexity index is 375. The third-order valence-corrected chi connectivity index (χ3v) is 2.56. The number of hydrazone groups is 1. The summed E-state index contributed by atoms with van der Waals surface area (Å²) in [5.74, 6) is -0.421. The monoisotopic (exact) mass is 245 g/mol. The fraction of sp³-hybridized carbons (Fsp3) is 0.556. The number of carbonyl (C=O) groups excluding carboxylic acids is 1. The van der Waals surface area contributed by atoms with Crippen LogP contribution in [0.3, 0.4) is 0 Å². The molecule has 7 nitrogen and oxygen atoms in total. The molecule has 0 radical (unpaired) electrons. The molecule has 0 saturated carbocycles. The van der Waals surface area contributed by atoms with Gasteiger partial charge in [-0.25, -0.2) is 9.40 Å². The summed E-state index contributed by atoms with van der Waals surface area (Å²) in [6, 6.07) is 0. The maximum absolute atomic E-state index is 13.7. The Kier molecular flexibility index (Phi) is 3.09. The van der Waals surface area contributed by atoms with Crippen molar-refractivity contribution in [2.75, 3.05) is 6.61 Å². The summed E-state index contributed by atoms with van der Waals surface area (Å²) in [5.41, 5.74) is 0. The lowest BCUT2D eigenvalue weighted by molar-refractivity contribution is -0.117. The van der Waals surface area contributed by atoms with E-state index in [2.05, 4.69) is 17.0 Å². The van der Waals surface area contributed by atoms with Gasteiger partial charge < -0.3 is 20.3 Å². The fourth-order valence-electron chi connectivity index (χ4n) is 1.69. The number of amides is 1. The zero-order chi connectivity index (χ0) is 12.6. The van der Waals surface area contributed by atoms with Gasteiger partial charge in [-0.2, -0.15) is 5.10 Å². The molecule has 2 rings (SSSR count). The van der Waals surface area contributed by atoms with Crippen molar-refractivity contribution >= 4 is 12.1 Å². The van der Waals surface area contributed by atoms with Gasteiger partial charge >= 0.3 is 0 Å². The van der Waals surface area contributed by atoms with Crippen molar-refractivity contribution in [1.29, 1.82) is 0 Å². The smallest absolute Gasteiger partial charge is 0.269 e. The average Bonchev–Trinajstić information content (AvgIpc) is 2.57. The zero-order valence-electron chi connectivity index (χ0n) is 8.78. The van der Waals surface area contributed by atoms with Crippen LogP contribution in [0, 0.1) is 0 Å². The van der Waals surface area contributed by atoms with Gasteiger partial charge in [0.25, 0.3) is 5.91 Å². The van der Waals surface area contributed by atoms with Gasteiger partial charge in [0.15, 0.2) is 12.4 Å². The molecule has 1 saturated heterocycles. The highest BCUT2D eigenvalue weighted by molar-refractivity contribution is 6.27. The van der Waals surface area contributed by atoms with E-state index in [1.165, 1.54) is 0 Å². The molecule has 2 heterocycles. The van der Waals surface area contributed by atoms with Crippen LogP contribution in [0.4, 0.5) is 4.39 Å². The molecule has 0 aromatic rings. The number of alkyl halides is 1. The molecule has 2 aliphatic rings. The number of nitrogens with zero attached hydrogens (tertiary/aromatic N) is 2. The Morgan fingerprint density at radius 2 is 2.41 bits per heavy atom. The normalized spacial score (nSPS) is 37.5. The lowest BCUT2D eigenvalue weighted by Crippen LogP contribution is -2.46. The second-order valence-electron chi connectivity index (χ2n) is 3.71. The van der Waals surface area contributed by atoms with Crippen LogP contribution in [0.2, 0.25) is 0 Å². The zero-order valence-corrected chi connectivity index (χ0v) is 8.78. The summed E-state index contributed by atoms with van der Waals surface area (Å²) >= 11 is 0. The van der Waals surface area contributed by atoms with Crippen molar-refractivity contribution in [3.8, 4) is 0 Å². The van der Waals surface area contributed by atoms with Gasteiger partial charge in [-0.1, -0.05) is 6.58 Å². The number of aliphatic hydroxyl groups is 2. The van der Waals surface area contributed by atoms with Gasteiger partial charge in [-0.05, 0) is 0 Å². The van der Waals surface area contributed by atoms with Crippen molar-refractivity contribution in [1.82, 2.24) is 10.3 Å². The second-order valence-corrected chi connectivity index (χ2v) is 3.71. The maximum atomic E-state index is 13.7. The molecule has 1 amide bonds. The molecular formula is C9H12FN3O4. The summed E-state index contributed by atoms with van der Waals surface area (Å²) in [6.45, 7) is 2.98. The first kappa shape index (κ1) is 12.0. The van der Waals surface area contributed by atoms with E-state index < -0.39 is 37.1 Å². The quantitative estimate of drug-likeness (QED) is 0.538. The van der Waals surface area contributed by atoms with Crippen LogP contribution in [0.5, 0.6) is 0 Å². The first-order valence-electron chi connectivity index (χ1n) is 4.96. The minimum absolute atomic E-state index is 0.0518. The summed E-state index contributed by atoms with van der Waals surface area (Å²) in [4.78, 5) is 10.9. The molecule has 0 bridgehead atoms. The van der Waals surface area contributed by atoms with E-state index in [1.54, 1.807) is 0 Å². The Balaban J connectivity index is 2.16. The maximum Gasteiger partial charge on any atom is 0.269 e. The van der Waals surface area contributed by atoms with Crippen LogP contribution in [0.15, 0.2) is 17.5 Å². The Hall–Kier alpha value is -1.51. The highest BCUT2D eigenvalue weighted by Crippen LogP contribution is 2.28. The van der Waals surface area contributed by atoms with Gasteiger partial charge in [0, 0.05) is 0 Å². The van der Waals surface area contributed by atoms with Gasteiger partial charge in [0.05, 0.1) is 6.61 Å². The van der Waals surface area contributed by atoms with Crippen molar-refractivity contribution in [3.05, 3.63) is 12.4 Å². The van der Waals surface area contributed by atoms with Crippen molar-refractivity contribution in [3.63, 3.8) is 0 Å². The Labute approximate surface area is 96.2 Å². The summed E-state index contributed by atoms with van der Waals surface area (Å²) in [5, 5.41) is 25.3. The van der Waals surface area contributed by atoms with Crippen molar-refractivity contribution < 1.29 is 24.1 Å². The highest BCUT2D eigenvalue weighted by Gasteiger charge is 2.47. The van der Waals surface area contributed by atoms with Gasteiger partial charge in [-0.3, -0.25) is 4.79 Å². The number of ether oxygens (including phenoxy) is 1. The van der Waals surface area contributed by atoms with Crippen molar-refractivity contribution in [2.24, 2.45) is 5.10 Å². The van der Waals surface area contributed by atoms with Gasteiger partial charge in [0.1, 0.15) is 24.2 Å². The van der Waals surface area contributed by atoms with E-state index >= 15 is 0 Å². The molecular weight excluding hydrogens is 233 g/mol. The molecule has 0 aliphatic carbocycles. The van der Waals surface area contributed by atoms with Crippen LogP contribution in [0.25, 0.3) is 0 Å². The predicted octanol–water partition coefficient (Wildman–Crippen LogP) is -1.71. The number of carbonyl (C=O) groups is 1. The number of halogens is 1. The highest BCUT2D eigenvalue weighted by atomic mass is 19.1. The third kappa shape index (κ3) is 2.02. The SMILES string of the molecule is C=C1NC(=O)C=NN1[C@@H]1O[C@H](CO)C(O)[C@@H]1F. The standard InChI is InChI=1S/C9H12FN3O4/c1-4-12-6(15)2-11-13(4)9-7(10)8(16)5(3-14)17-9/h2,5,7-9,14,16H,1,3H2,(H,12,15)/t5-,7+,8?,9-/m1/s1. The number of rotatable bonds is 2. The third-order valence-electron chi connectivity index (χ3n) is 2.56. The van der Waals surface area contributed by atoms with Crippen LogP contribution >= 0.6 is 0 Å². The average molecular weight is 245 g/mol. The molecule has 17 heavy (non-hydrogen) atoms. The number of aliphatic hydroxyl groups excluding tert-OH is 2. The first-order valence-corrected chi connectivity index (χ1v) is 4.96. The van der Waals surface area contributed by atoms with Crippen LogP contribution in [-0.2, 0) is 9.53 Å². The fourth-order valence-corrected chi connectivity index (χ4v) is 1.69. The molecule has 0 aromatic heterocycles. The number of nitrogens with one attached hydrogen (secondary N) is 1. The lowest BCUT2D eigenvalue weighted by Gasteiger charge is -2.30. The largest absolute Gasteiger partial charge is 0.394 e. The van der Waals surface area contributed by atoms with E-state index in [4.69, 9.17) is 9.84 Å². The summed E-state index contributed by atoms with van der Waals surface area (Å²) in [6.07, 6.45) is -4.48. The van der Waals surface area contributed by atoms with E-state index in [9.17, 15) is 14.3 Å². The number of hydrogen-bond acceptors (Lipinski definition) is 6. The minimum Gasteiger partial charge on any atom is -0.394 e. The van der Waals surface area contributed by atoms with E-state index in [0.29, 0.717) is 0 Å². The Morgan fingerprint density at radius 3 is 2.94 bits per heavy atom. The Morgan fingerprint density at radius 1 is 1.71 bits per heavy atom. The number of hydrogen-bond donors (Lipinski definition) is 3. The molecule has 94 valence electrons. The molecule has 0 spiro atoms.